The summed E-state index contributed by atoms with van der Waals surface area (Å²) >= 11 is 0. The van der Waals surface area contributed by atoms with Crippen molar-refractivity contribution in [1.29, 1.82) is 0 Å². The standard InChI is InChI=1S/2Fe.2Li.3O.2H3P.2H/h;;;;;;;2*1H3;;/q2*+3;2*+1;3*-2;;;2*-1. The van der Waals surface area contributed by atoms with Crippen molar-refractivity contribution in [2.24, 2.45) is 0 Å². The Kier molecular flexibility index (Phi) is 2240. The van der Waals surface area contributed by atoms with E-state index >= 15 is 0 Å². The average molecular weight is 244 g/mol. The van der Waals surface area contributed by atoms with Crippen LogP contribution in [0.3, 0.4) is 0 Å². The molecule has 0 aliphatic rings. The molecule has 0 aromatic heterocycles. The summed E-state index contributed by atoms with van der Waals surface area (Å²) < 4.78 is 0. The van der Waals surface area contributed by atoms with Crippen LogP contribution in [-0.4, -0.2) is 0 Å². The zero-order valence-electron chi connectivity index (χ0n) is 7.35. The molecule has 0 aliphatic carbocycles. The van der Waals surface area contributed by atoms with E-state index in [0.717, 1.165) is 0 Å². The van der Waals surface area contributed by atoms with E-state index in [9.17, 15) is 0 Å². The molecule has 9 heteroatoms. The first kappa shape index (κ1) is 163. The molecule has 0 aromatic carbocycles. The van der Waals surface area contributed by atoms with Crippen molar-refractivity contribution in [3.63, 3.8) is 0 Å². The fourth-order valence-corrected chi connectivity index (χ4v) is 0. The van der Waals surface area contributed by atoms with Crippen molar-refractivity contribution in [3.05, 3.63) is 0 Å². The summed E-state index contributed by atoms with van der Waals surface area (Å²) in [5.74, 6) is 0. The van der Waals surface area contributed by atoms with Gasteiger partial charge in [0, 0.05) is 0 Å². The van der Waals surface area contributed by atoms with E-state index in [4.69, 9.17) is 0 Å². The number of hydrogen-bond acceptors (Lipinski definition) is 0. The molecule has 54 valence electrons. The van der Waals surface area contributed by atoms with Gasteiger partial charge in [0.05, 0.1) is 0 Å². The summed E-state index contributed by atoms with van der Waals surface area (Å²) in [6.07, 6.45) is 0. The van der Waals surface area contributed by atoms with Crippen LogP contribution in [0.4, 0.5) is 0 Å². The van der Waals surface area contributed by atoms with Crippen molar-refractivity contribution >= 4 is 19.8 Å². The van der Waals surface area contributed by atoms with Crippen LogP contribution in [0.1, 0.15) is 2.85 Å². The van der Waals surface area contributed by atoms with E-state index in [1.165, 1.54) is 0 Å². The second-order valence-electron chi connectivity index (χ2n) is 0. The number of hydrogen-bond donors (Lipinski definition) is 0. The van der Waals surface area contributed by atoms with E-state index in [0.29, 0.717) is 0 Å². The van der Waals surface area contributed by atoms with Crippen LogP contribution >= 0.6 is 19.8 Å². The normalized spacial score (nSPS) is 0. The topological polar surface area (TPSA) is 85.5 Å². The maximum atomic E-state index is 0. The van der Waals surface area contributed by atoms with Gasteiger partial charge in [-0.3, -0.25) is 0 Å². The monoisotopic (exact) mass is 244 g/mol. The SMILES string of the molecule is P.P.[Fe+3].[Fe+3].[H-].[H-].[Li+].[Li+].[O-2].[O-2].[O-2]. The van der Waals surface area contributed by atoms with Crippen molar-refractivity contribution in [2.45, 2.75) is 0 Å². The molecule has 0 saturated carbocycles. The number of rotatable bonds is 0. The van der Waals surface area contributed by atoms with E-state index in [2.05, 4.69) is 0 Å². The molecule has 0 rings (SSSR count). The molecular formula is H8Fe2Li2O3P2. The summed E-state index contributed by atoms with van der Waals surface area (Å²) in [6.45, 7) is 0. The summed E-state index contributed by atoms with van der Waals surface area (Å²) in [5.41, 5.74) is 0. The molecule has 0 fully saturated rings. The third-order valence-corrected chi connectivity index (χ3v) is 0. The Hall–Kier alpha value is 2.97. The second-order valence-corrected chi connectivity index (χ2v) is 0. The zero-order chi connectivity index (χ0) is 0. The molecule has 2 unspecified atom stereocenters. The predicted molar refractivity (Wildman–Crippen MR) is 26.5 cm³/mol. The molecule has 0 aromatic rings. The Balaban J connectivity index is 0. The fourth-order valence-electron chi connectivity index (χ4n) is 0. The van der Waals surface area contributed by atoms with E-state index in [-0.39, 0.29) is 111 Å². The van der Waals surface area contributed by atoms with Crippen molar-refractivity contribution in [2.75, 3.05) is 0 Å². The van der Waals surface area contributed by atoms with Crippen LogP contribution < -0.4 is 37.7 Å². The smallest absolute Gasteiger partial charge is 2.00 e. The maximum Gasteiger partial charge on any atom is 3.00 e. The summed E-state index contributed by atoms with van der Waals surface area (Å²) in [4.78, 5) is 0. The molecule has 0 aliphatic heterocycles. The molecule has 0 bridgehead atoms. The first-order valence-electron chi connectivity index (χ1n) is 0. The predicted octanol–water partition coefficient (Wildman–Crippen LogP) is -6.01. The van der Waals surface area contributed by atoms with Crippen molar-refractivity contribution in [3.8, 4) is 0 Å². The van der Waals surface area contributed by atoms with Gasteiger partial charge < -0.3 is 19.3 Å². The molecule has 0 N–H and O–H groups in total. The Bertz CT molecular complexity index is 25.3. The fraction of sp³-hybridized carbons (Fsp3) is 0. The third-order valence-electron chi connectivity index (χ3n) is 0. The molecule has 0 heterocycles. The Labute approximate surface area is 110 Å². The van der Waals surface area contributed by atoms with Gasteiger partial charge in [-0.25, -0.2) is 0 Å². The maximum absolute atomic E-state index is 0. The van der Waals surface area contributed by atoms with Crippen molar-refractivity contribution < 1.29 is 91.1 Å². The average Bonchev–Trinajstić information content (AvgIpc) is 0. The van der Waals surface area contributed by atoms with Gasteiger partial charge in [0.15, 0.2) is 0 Å². The molecule has 2 atom stereocenters. The first-order chi connectivity index (χ1) is 0. The van der Waals surface area contributed by atoms with Crippen molar-refractivity contribution in [1.82, 2.24) is 0 Å². The van der Waals surface area contributed by atoms with Gasteiger partial charge >= 0.3 is 71.9 Å². The Morgan fingerprint density at radius 2 is 0.556 bits per heavy atom. The van der Waals surface area contributed by atoms with E-state index < -0.39 is 0 Å². The van der Waals surface area contributed by atoms with Gasteiger partial charge in [-0.05, 0) is 0 Å². The summed E-state index contributed by atoms with van der Waals surface area (Å²) in [6, 6.07) is 0. The van der Waals surface area contributed by atoms with Crippen LogP contribution in [0.5, 0.6) is 0 Å². The van der Waals surface area contributed by atoms with Crippen LogP contribution in [0, 0.1) is 0 Å². The van der Waals surface area contributed by atoms with E-state index in [1.54, 1.807) is 0 Å². The minimum absolute atomic E-state index is 0. The molecule has 9 heavy (non-hydrogen) atoms. The Morgan fingerprint density at radius 3 is 0.556 bits per heavy atom. The molecule has 3 nitrogen and oxygen atoms in total. The summed E-state index contributed by atoms with van der Waals surface area (Å²) in [5, 5.41) is 0. The van der Waals surface area contributed by atoms with Crippen LogP contribution in [-0.2, 0) is 50.6 Å². The molecule has 0 spiro atoms. The third kappa shape index (κ3) is 99.9. The van der Waals surface area contributed by atoms with Crippen LogP contribution in [0.15, 0.2) is 0 Å². The van der Waals surface area contributed by atoms with Gasteiger partial charge in [0.2, 0.25) is 0 Å². The largest absolute Gasteiger partial charge is 3.00 e. The summed E-state index contributed by atoms with van der Waals surface area (Å²) in [7, 11) is 0. The zero-order valence-corrected chi connectivity index (χ0v) is 10.4. The molecule has 0 amide bonds. The van der Waals surface area contributed by atoms with Crippen LogP contribution in [0.2, 0.25) is 0 Å². The van der Waals surface area contributed by atoms with E-state index in [1.807, 2.05) is 0 Å². The first-order valence-corrected chi connectivity index (χ1v) is 0. The van der Waals surface area contributed by atoms with Crippen LogP contribution in [0.25, 0.3) is 0 Å². The second kappa shape index (κ2) is 123. The van der Waals surface area contributed by atoms with Gasteiger partial charge in [0.25, 0.3) is 0 Å². The van der Waals surface area contributed by atoms with Gasteiger partial charge in [0.1, 0.15) is 0 Å². The molecular weight excluding hydrogens is 236 g/mol. The van der Waals surface area contributed by atoms with Gasteiger partial charge in [-0.1, -0.05) is 0 Å². The minimum Gasteiger partial charge on any atom is -2.00 e. The van der Waals surface area contributed by atoms with Gasteiger partial charge in [-0.15, -0.1) is 0 Å². The molecule has 2 radical (unpaired) electrons. The molecule has 0 saturated heterocycles. The quantitative estimate of drug-likeness (QED) is 0.300. The van der Waals surface area contributed by atoms with Gasteiger partial charge in [-0.2, -0.15) is 19.8 Å². The minimum atomic E-state index is 0. The Morgan fingerprint density at radius 1 is 0.556 bits per heavy atom.